The molecule has 1 aliphatic heterocycles. The quantitative estimate of drug-likeness (QED) is 0.674. The average molecular weight is 330 g/mol. The third kappa shape index (κ3) is 2.85. The molecule has 0 bridgehead atoms. The number of rotatable bonds is 3. The van der Waals surface area contributed by atoms with Crippen molar-refractivity contribution in [3.8, 4) is 5.75 Å². The summed E-state index contributed by atoms with van der Waals surface area (Å²) in [6.45, 7) is 3.63. The molecule has 1 saturated heterocycles. The second kappa shape index (κ2) is 5.91. The van der Waals surface area contributed by atoms with Gasteiger partial charge in [-0.2, -0.15) is 0 Å². The Morgan fingerprint density at radius 3 is 2.70 bits per heavy atom. The van der Waals surface area contributed by atoms with Gasteiger partial charge < -0.3 is 5.11 Å². The fraction of sp³-hybridized carbons (Fsp3) is 0.0769. The van der Waals surface area contributed by atoms with Crippen LogP contribution in [0.2, 0.25) is 10.0 Å². The van der Waals surface area contributed by atoms with Gasteiger partial charge in [-0.25, -0.2) is 0 Å². The molecule has 0 aliphatic carbocycles. The Bertz CT molecular complexity index is 643. The fourth-order valence-corrected chi connectivity index (χ4v) is 2.97. The zero-order valence-corrected chi connectivity index (χ0v) is 12.4. The third-order valence-corrected chi connectivity index (χ3v) is 3.94. The van der Waals surface area contributed by atoms with Crippen LogP contribution in [0.1, 0.15) is 5.56 Å². The molecule has 2 rings (SSSR count). The first-order valence-corrected chi connectivity index (χ1v) is 7.05. The van der Waals surface area contributed by atoms with Gasteiger partial charge in [0.2, 0.25) is 0 Å². The van der Waals surface area contributed by atoms with Gasteiger partial charge >= 0.3 is 0 Å². The molecule has 1 fully saturated rings. The maximum Gasteiger partial charge on any atom is 0.293 e. The maximum absolute atomic E-state index is 12.0. The first kappa shape index (κ1) is 15.0. The van der Waals surface area contributed by atoms with Crippen LogP contribution in [0, 0.1) is 0 Å². The Hall–Kier alpha value is -1.43. The van der Waals surface area contributed by atoms with E-state index in [0.717, 1.165) is 16.7 Å². The topological polar surface area (TPSA) is 57.6 Å². The Kier molecular flexibility index (Phi) is 4.42. The van der Waals surface area contributed by atoms with Gasteiger partial charge in [-0.05, 0) is 30.0 Å². The zero-order chi connectivity index (χ0) is 14.9. The van der Waals surface area contributed by atoms with Crippen molar-refractivity contribution >= 4 is 52.2 Å². The Morgan fingerprint density at radius 2 is 2.05 bits per heavy atom. The molecular weight excluding hydrogens is 321 g/mol. The van der Waals surface area contributed by atoms with E-state index in [9.17, 15) is 14.7 Å². The molecular formula is C13H9Cl2NO3S. The fourth-order valence-electron chi connectivity index (χ4n) is 1.62. The van der Waals surface area contributed by atoms with Crippen molar-refractivity contribution in [3.05, 3.63) is 45.3 Å². The number of benzene rings is 1. The predicted molar refractivity (Wildman–Crippen MR) is 81.0 cm³/mol. The van der Waals surface area contributed by atoms with E-state index in [4.69, 9.17) is 23.2 Å². The molecule has 0 atom stereocenters. The standard InChI is InChI=1S/C13H9Cl2NO3S/c1-2-3-16-12(18)10(20-13(16)19)5-7-4-8(14)6-9(15)11(7)17/h2,4-6,17H,1,3H2/b10-5+. The summed E-state index contributed by atoms with van der Waals surface area (Å²) in [6.07, 6.45) is 2.86. The van der Waals surface area contributed by atoms with Crippen LogP contribution in [-0.4, -0.2) is 27.7 Å². The van der Waals surface area contributed by atoms with E-state index in [-0.39, 0.29) is 33.0 Å². The van der Waals surface area contributed by atoms with Crippen LogP contribution in [0.4, 0.5) is 4.79 Å². The van der Waals surface area contributed by atoms with Gasteiger partial charge in [-0.1, -0.05) is 29.3 Å². The molecule has 1 heterocycles. The monoisotopic (exact) mass is 329 g/mol. The highest BCUT2D eigenvalue weighted by atomic mass is 35.5. The number of amides is 2. The molecule has 0 spiro atoms. The van der Waals surface area contributed by atoms with Crippen molar-refractivity contribution in [2.75, 3.05) is 6.54 Å². The lowest BCUT2D eigenvalue weighted by atomic mass is 10.2. The average Bonchev–Trinajstić information content (AvgIpc) is 2.63. The van der Waals surface area contributed by atoms with Crippen molar-refractivity contribution in [1.82, 2.24) is 4.90 Å². The van der Waals surface area contributed by atoms with Gasteiger partial charge in [-0.15, -0.1) is 6.58 Å². The molecule has 1 N–H and O–H groups in total. The normalized spacial score (nSPS) is 17.1. The van der Waals surface area contributed by atoms with E-state index in [1.165, 1.54) is 24.3 Å². The van der Waals surface area contributed by atoms with Crippen molar-refractivity contribution < 1.29 is 14.7 Å². The molecule has 1 aliphatic rings. The summed E-state index contributed by atoms with van der Waals surface area (Å²) >= 11 is 12.4. The van der Waals surface area contributed by atoms with Gasteiger partial charge in [-0.3, -0.25) is 14.5 Å². The van der Waals surface area contributed by atoms with E-state index >= 15 is 0 Å². The minimum Gasteiger partial charge on any atom is -0.506 e. The van der Waals surface area contributed by atoms with Crippen LogP contribution in [0.3, 0.4) is 0 Å². The summed E-state index contributed by atoms with van der Waals surface area (Å²) < 4.78 is 0. The maximum atomic E-state index is 12.0. The summed E-state index contributed by atoms with van der Waals surface area (Å²) in [6, 6.07) is 2.85. The number of halogens is 2. The van der Waals surface area contributed by atoms with Gasteiger partial charge in [0.1, 0.15) is 5.75 Å². The van der Waals surface area contributed by atoms with E-state index in [1.54, 1.807) is 0 Å². The van der Waals surface area contributed by atoms with Crippen LogP contribution in [0.15, 0.2) is 29.7 Å². The molecule has 0 saturated carbocycles. The van der Waals surface area contributed by atoms with Crippen molar-refractivity contribution in [2.24, 2.45) is 0 Å². The van der Waals surface area contributed by atoms with Gasteiger partial charge in [0.25, 0.3) is 11.1 Å². The highest BCUT2D eigenvalue weighted by molar-refractivity contribution is 8.18. The lowest BCUT2D eigenvalue weighted by Gasteiger charge is -2.08. The summed E-state index contributed by atoms with van der Waals surface area (Å²) in [5, 5.41) is 9.85. The molecule has 4 nitrogen and oxygen atoms in total. The van der Waals surface area contributed by atoms with Crippen LogP contribution in [0.25, 0.3) is 6.08 Å². The van der Waals surface area contributed by atoms with E-state index in [1.807, 2.05) is 0 Å². The molecule has 0 unspecified atom stereocenters. The number of aromatic hydroxyl groups is 1. The summed E-state index contributed by atoms with van der Waals surface area (Å²) in [4.78, 5) is 24.9. The minimum atomic E-state index is -0.435. The van der Waals surface area contributed by atoms with Gasteiger partial charge in [0.05, 0.1) is 9.93 Å². The second-order valence-electron chi connectivity index (χ2n) is 3.91. The zero-order valence-electron chi connectivity index (χ0n) is 10.1. The molecule has 20 heavy (non-hydrogen) atoms. The largest absolute Gasteiger partial charge is 0.506 e. The van der Waals surface area contributed by atoms with Crippen LogP contribution in [0.5, 0.6) is 5.75 Å². The molecule has 2 amide bonds. The smallest absolute Gasteiger partial charge is 0.293 e. The number of thioether (sulfide) groups is 1. The molecule has 7 heteroatoms. The molecule has 1 aromatic rings. The second-order valence-corrected chi connectivity index (χ2v) is 5.74. The van der Waals surface area contributed by atoms with Crippen LogP contribution in [-0.2, 0) is 4.79 Å². The molecule has 0 aromatic heterocycles. The number of hydrogen-bond donors (Lipinski definition) is 1. The van der Waals surface area contributed by atoms with Crippen LogP contribution < -0.4 is 0 Å². The number of carbonyl (C=O) groups is 2. The summed E-state index contributed by atoms with van der Waals surface area (Å²) in [7, 11) is 0. The lowest BCUT2D eigenvalue weighted by molar-refractivity contribution is -0.122. The van der Waals surface area contributed by atoms with Crippen molar-refractivity contribution in [2.45, 2.75) is 0 Å². The van der Waals surface area contributed by atoms with Gasteiger partial charge in [0.15, 0.2) is 0 Å². The molecule has 0 radical (unpaired) electrons. The van der Waals surface area contributed by atoms with Gasteiger partial charge in [0, 0.05) is 17.1 Å². The van der Waals surface area contributed by atoms with Crippen molar-refractivity contribution in [1.29, 1.82) is 0 Å². The van der Waals surface area contributed by atoms with E-state index in [2.05, 4.69) is 6.58 Å². The first-order chi connectivity index (χ1) is 9.43. The number of hydrogen-bond acceptors (Lipinski definition) is 4. The number of phenolic OH excluding ortho intramolecular Hbond substituents is 1. The summed E-state index contributed by atoms with van der Waals surface area (Å²) in [5.74, 6) is -0.623. The minimum absolute atomic E-state index is 0.0778. The van der Waals surface area contributed by atoms with E-state index < -0.39 is 5.91 Å². The predicted octanol–water partition coefficient (Wildman–Crippen LogP) is 3.92. The Morgan fingerprint density at radius 1 is 1.35 bits per heavy atom. The number of nitrogens with zero attached hydrogens (tertiary/aromatic N) is 1. The number of imide groups is 1. The van der Waals surface area contributed by atoms with Crippen LogP contribution >= 0.6 is 35.0 Å². The highest BCUT2D eigenvalue weighted by Crippen LogP contribution is 2.37. The SMILES string of the molecule is C=CCN1C(=O)S/C(=C/c2cc(Cl)cc(Cl)c2O)C1=O. The van der Waals surface area contributed by atoms with E-state index in [0.29, 0.717) is 5.02 Å². The molecule has 104 valence electrons. The molecule has 1 aromatic carbocycles. The van der Waals surface area contributed by atoms with Crippen molar-refractivity contribution in [3.63, 3.8) is 0 Å². The summed E-state index contributed by atoms with van der Waals surface area (Å²) in [5.41, 5.74) is 0.284. The third-order valence-electron chi connectivity index (χ3n) is 2.53. The Labute approximate surface area is 129 Å². The first-order valence-electron chi connectivity index (χ1n) is 5.48. The lowest BCUT2D eigenvalue weighted by Crippen LogP contribution is -2.27. The number of carbonyl (C=O) groups excluding carboxylic acids is 2. The number of phenols is 1. The Balaban J connectivity index is 2.40. The highest BCUT2D eigenvalue weighted by Gasteiger charge is 2.34.